The van der Waals surface area contributed by atoms with Gasteiger partial charge in [-0.2, -0.15) is 13.2 Å². The summed E-state index contributed by atoms with van der Waals surface area (Å²) < 4.78 is 46.9. The Kier molecular flexibility index (Phi) is 5.10. The van der Waals surface area contributed by atoms with Crippen LogP contribution in [0.4, 0.5) is 13.2 Å². The Morgan fingerprint density at radius 2 is 1.68 bits per heavy atom. The van der Waals surface area contributed by atoms with E-state index in [9.17, 15) is 13.2 Å². The first kappa shape index (κ1) is 19.3. The van der Waals surface area contributed by atoms with Gasteiger partial charge in [-0.15, -0.1) is 0 Å². The molecule has 0 N–H and O–H groups in total. The van der Waals surface area contributed by atoms with E-state index in [1.807, 2.05) is 24.3 Å². The number of hydrogen-bond donors (Lipinski definition) is 0. The number of nitrogens with zero attached hydrogens (tertiary/aromatic N) is 2. The van der Waals surface area contributed by atoms with Crippen LogP contribution in [0.2, 0.25) is 0 Å². The van der Waals surface area contributed by atoms with Crippen LogP contribution in [0.1, 0.15) is 29.5 Å². The molecule has 0 unspecified atom stereocenters. The van der Waals surface area contributed by atoms with E-state index in [0.29, 0.717) is 18.7 Å². The van der Waals surface area contributed by atoms with Crippen LogP contribution in [0.3, 0.4) is 0 Å². The summed E-state index contributed by atoms with van der Waals surface area (Å²) in [5.74, 6) is 0.860. The summed E-state index contributed by atoms with van der Waals surface area (Å²) in [6, 6.07) is 13.8. The molecule has 1 spiro atoms. The highest BCUT2D eigenvalue weighted by atomic mass is 19.4. The monoisotopic (exact) mass is 390 g/mol. The van der Waals surface area contributed by atoms with Gasteiger partial charge in [0.1, 0.15) is 11.4 Å². The number of alkyl halides is 3. The van der Waals surface area contributed by atoms with Gasteiger partial charge < -0.3 is 9.64 Å². The number of fused-ring (bicyclic) bond motifs is 1. The second-order valence-electron chi connectivity index (χ2n) is 8.00. The number of ether oxygens (including phenoxy) is 1. The zero-order chi connectivity index (χ0) is 19.8. The van der Waals surface area contributed by atoms with Crippen LogP contribution in [-0.4, -0.2) is 42.1 Å². The molecule has 3 nitrogen and oxygen atoms in total. The van der Waals surface area contributed by atoms with Crippen LogP contribution in [-0.2, 0) is 19.3 Å². The topological polar surface area (TPSA) is 15.7 Å². The number of likely N-dealkylation sites (tertiary alicyclic amines) is 1. The van der Waals surface area contributed by atoms with Crippen molar-refractivity contribution in [2.24, 2.45) is 0 Å². The van der Waals surface area contributed by atoms with E-state index in [1.54, 1.807) is 12.1 Å². The van der Waals surface area contributed by atoms with E-state index >= 15 is 0 Å². The van der Waals surface area contributed by atoms with Gasteiger partial charge in [-0.05, 0) is 24.7 Å². The number of halogens is 3. The maximum absolute atomic E-state index is 13.5. The van der Waals surface area contributed by atoms with Gasteiger partial charge in [0.2, 0.25) is 0 Å². The molecule has 0 aliphatic carbocycles. The van der Waals surface area contributed by atoms with Crippen LogP contribution in [0.15, 0.2) is 48.5 Å². The highest BCUT2D eigenvalue weighted by Crippen LogP contribution is 2.37. The molecule has 0 radical (unpaired) electrons. The van der Waals surface area contributed by atoms with Crippen molar-refractivity contribution in [1.82, 2.24) is 9.80 Å². The number of para-hydroxylation sites is 1. The molecule has 0 atom stereocenters. The van der Waals surface area contributed by atoms with Gasteiger partial charge >= 0.3 is 6.18 Å². The lowest BCUT2D eigenvalue weighted by molar-refractivity contribution is -0.138. The van der Waals surface area contributed by atoms with Crippen molar-refractivity contribution in [3.05, 3.63) is 65.2 Å². The molecule has 6 heteroatoms. The Morgan fingerprint density at radius 1 is 1.00 bits per heavy atom. The van der Waals surface area contributed by atoms with Crippen LogP contribution in [0.5, 0.6) is 5.75 Å². The maximum atomic E-state index is 13.5. The van der Waals surface area contributed by atoms with Crippen molar-refractivity contribution in [1.29, 1.82) is 0 Å². The molecule has 2 heterocycles. The third kappa shape index (κ3) is 4.03. The average molecular weight is 390 g/mol. The third-order valence-corrected chi connectivity index (χ3v) is 5.82. The summed E-state index contributed by atoms with van der Waals surface area (Å²) >= 11 is 0. The van der Waals surface area contributed by atoms with Crippen molar-refractivity contribution in [3.63, 3.8) is 0 Å². The summed E-state index contributed by atoms with van der Waals surface area (Å²) in [4.78, 5) is 4.39. The molecular formula is C22H25F3N2O. The summed E-state index contributed by atoms with van der Waals surface area (Å²) in [6.07, 6.45) is -2.60. The Labute approximate surface area is 163 Å². The van der Waals surface area contributed by atoms with Gasteiger partial charge in [0.05, 0.1) is 5.56 Å². The molecule has 150 valence electrons. The lowest BCUT2D eigenvalue weighted by Crippen LogP contribution is -2.52. The Bertz CT molecular complexity index is 829. The summed E-state index contributed by atoms with van der Waals surface area (Å²) in [5.41, 5.74) is 0.442. The zero-order valence-electron chi connectivity index (χ0n) is 16.0. The minimum atomic E-state index is -4.35. The lowest BCUT2D eigenvalue weighted by atomic mass is 9.90. The maximum Gasteiger partial charge on any atom is 0.416 e. The van der Waals surface area contributed by atoms with E-state index in [4.69, 9.17) is 4.74 Å². The molecule has 2 aliphatic rings. The van der Waals surface area contributed by atoms with Crippen LogP contribution < -0.4 is 4.74 Å². The Morgan fingerprint density at radius 3 is 2.43 bits per heavy atom. The van der Waals surface area contributed by atoms with Gasteiger partial charge in [-0.1, -0.05) is 36.4 Å². The normalized spacial score (nSPS) is 20.4. The van der Waals surface area contributed by atoms with Crippen LogP contribution >= 0.6 is 0 Å². The fourth-order valence-electron chi connectivity index (χ4n) is 4.28. The van der Waals surface area contributed by atoms with E-state index < -0.39 is 11.7 Å². The van der Waals surface area contributed by atoms with Crippen molar-refractivity contribution < 1.29 is 17.9 Å². The molecule has 1 saturated heterocycles. The first-order valence-corrected chi connectivity index (χ1v) is 9.68. The van der Waals surface area contributed by atoms with E-state index in [0.717, 1.165) is 37.2 Å². The number of piperidine rings is 1. The Hall–Kier alpha value is -2.05. The third-order valence-electron chi connectivity index (χ3n) is 5.82. The fourth-order valence-corrected chi connectivity index (χ4v) is 4.28. The van der Waals surface area contributed by atoms with Gasteiger partial charge in [0, 0.05) is 51.1 Å². The van der Waals surface area contributed by atoms with Gasteiger partial charge in [0.15, 0.2) is 0 Å². The highest BCUT2D eigenvalue weighted by molar-refractivity contribution is 5.36. The quantitative estimate of drug-likeness (QED) is 0.747. The second-order valence-corrected chi connectivity index (χ2v) is 8.00. The standard InChI is InChI=1S/C22H25F3N2O/c1-26-12-10-21(11-13-26)16-27(15-18-7-3-5-9-20(18)28-21)14-17-6-2-4-8-19(17)22(23,24)25/h2-9H,10-16H2,1H3. The van der Waals surface area contributed by atoms with E-state index in [2.05, 4.69) is 16.8 Å². The molecule has 2 aliphatic heterocycles. The Balaban J connectivity index is 1.66. The molecule has 0 aromatic heterocycles. The molecule has 0 bridgehead atoms. The zero-order valence-corrected chi connectivity index (χ0v) is 16.0. The predicted octanol–water partition coefficient (Wildman–Crippen LogP) is 4.56. The fraction of sp³-hybridized carbons (Fsp3) is 0.455. The minimum absolute atomic E-state index is 0.255. The molecular weight excluding hydrogens is 365 g/mol. The van der Waals surface area contributed by atoms with Crippen molar-refractivity contribution in [3.8, 4) is 5.75 Å². The molecule has 0 amide bonds. The summed E-state index contributed by atoms with van der Waals surface area (Å²) in [5, 5.41) is 0. The molecule has 0 saturated carbocycles. The predicted molar refractivity (Wildman–Crippen MR) is 102 cm³/mol. The second kappa shape index (κ2) is 7.41. The minimum Gasteiger partial charge on any atom is -0.486 e. The van der Waals surface area contributed by atoms with Crippen molar-refractivity contribution in [2.75, 3.05) is 26.7 Å². The van der Waals surface area contributed by atoms with Crippen molar-refractivity contribution >= 4 is 0 Å². The SMILES string of the molecule is CN1CCC2(CC1)CN(Cc1ccccc1C(F)(F)F)Cc1ccccc1O2. The van der Waals surface area contributed by atoms with E-state index in [1.165, 1.54) is 12.1 Å². The molecule has 2 aromatic carbocycles. The first-order valence-electron chi connectivity index (χ1n) is 9.68. The number of rotatable bonds is 2. The molecule has 2 aromatic rings. The van der Waals surface area contributed by atoms with Crippen LogP contribution in [0.25, 0.3) is 0 Å². The first-order chi connectivity index (χ1) is 13.3. The molecule has 1 fully saturated rings. The number of hydrogen-bond acceptors (Lipinski definition) is 3. The summed E-state index contributed by atoms with van der Waals surface area (Å²) in [7, 11) is 2.09. The smallest absolute Gasteiger partial charge is 0.416 e. The summed E-state index contributed by atoms with van der Waals surface area (Å²) in [6.45, 7) is 3.32. The van der Waals surface area contributed by atoms with Crippen molar-refractivity contribution in [2.45, 2.75) is 37.7 Å². The molecule has 28 heavy (non-hydrogen) atoms. The molecule has 4 rings (SSSR count). The van der Waals surface area contributed by atoms with Gasteiger partial charge in [-0.3, -0.25) is 4.90 Å². The largest absolute Gasteiger partial charge is 0.486 e. The highest BCUT2D eigenvalue weighted by Gasteiger charge is 2.41. The lowest BCUT2D eigenvalue weighted by Gasteiger charge is -2.42. The average Bonchev–Trinajstić information content (AvgIpc) is 2.80. The van der Waals surface area contributed by atoms with Crippen LogP contribution in [0, 0.1) is 0 Å². The number of benzene rings is 2. The van der Waals surface area contributed by atoms with E-state index in [-0.39, 0.29) is 12.1 Å². The van der Waals surface area contributed by atoms with Gasteiger partial charge in [-0.25, -0.2) is 0 Å². The van der Waals surface area contributed by atoms with Gasteiger partial charge in [0.25, 0.3) is 0 Å².